The van der Waals surface area contributed by atoms with E-state index in [1.165, 1.54) is 19.2 Å². The van der Waals surface area contributed by atoms with Gasteiger partial charge in [-0.05, 0) is 37.6 Å². The number of carboxylic acid groups (broad SMARTS) is 1. The lowest BCUT2D eigenvalue weighted by molar-refractivity contribution is 0.0697. The van der Waals surface area contributed by atoms with Gasteiger partial charge in [0.2, 0.25) is 0 Å². The van der Waals surface area contributed by atoms with Crippen molar-refractivity contribution >= 4 is 34.6 Å². The summed E-state index contributed by atoms with van der Waals surface area (Å²) in [7, 11) is 1.35. The first-order valence-electron chi connectivity index (χ1n) is 11.0. The smallest absolute Gasteiger partial charge is 0.409 e. The summed E-state index contributed by atoms with van der Waals surface area (Å²) in [5.41, 5.74) is 2.59. The van der Waals surface area contributed by atoms with E-state index in [2.05, 4.69) is 5.32 Å². The Labute approximate surface area is 196 Å². The van der Waals surface area contributed by atoms with Crippen molar-refractivity contribution in [3.05, 3.63) is 69.4 Å². The van der Waals surface area contributed by atoms with Crippen molar-refractivity contribution in [3.63, 3.8) is 0 Å². The molecular weight excluding hydrogens is 438 g/mol. The van der Waals surface area contributed by atoms with E-state index in [-0.39, 0.29) is 23.1 Å². The molecule has 34 heavy (non-hydrogen) atoms. The molecule has 1 aromatic heterocycles. The molecule has 0 radical (unpaired) electrons. The molecule has 2 aromatic carbocycles. The lowest BCUT2D eigenvalue weighted by Crippen LogP contribution is -2.48. The Morgan fingerprint density at radius 1 is 1.12 bits per heavy atom. The van der Waals surface area contributed by atoms with Gasteiger partial charge in [0.15, 0.2) is 11.3 Å². The van der Waals surface area contributed by atoms with Crippen molar-refractivity contribution in [2.24, 2.45) is 0 Å². The number of piperazine rings is 1. The fraction of sp³-hybridized carbons (Fsp3) is 0.320. The summed E-state index contributed by atoms with van der Waals surface area (Å²) < 4.78 is 11.0. The molecule has 2 N–H and O–H groups in total. The van der Waals surface area contributed by atoms with E-state index < -0.39 is 5.97 Å². The third-order valence-electron chi connectivity index (χ3n) is 6.01. The molecule has 9 nitrogen and oxygen atoms in total. The fourth-order valence-corrected chi connectivity index (χ4v) is 4.24. The van der Waals surface area contributed by atoms with Crippen LogP contribution in [-0.2, 0) is 4.74 Å². The molecule has 1 aliphatic heterocycles. The second-order valence-electron chi connectivity index (χ2n) is 8.34. The normalized spacial score (nSPS) is 14.7. The molecule has 0 bridgehead atoms. The van der Waals surface area contributed by atoms with Crippen molar-refractivity contribution in [1.82, 2.24) is 4.90 Å². The molecule has 0 aliphatic carbocycles. The number of benzene rings is 2. The summed E-state index contributed by atoms with van der Waals surface area (Å²) in [6.45, 7) is 5.72. The summed E-state index contributed by atoms with van der Waals surface area (Å²) in [4.78, 5) is 40.0. The predicted molar refractivity (Wildman–Crippen MR) is 129 cm³/mol. The maximum Gasteiger partial charge on any atom is 0.409 e. The van der Waals surface area contributed by atoms with Gasteiger partial charge in [-0.1, -0.05) is 18.2 Å². The molecule has 4 rings (SSSR count). The maximum atomic E-state index is 13.0. The highest BCUT2D eigenvalue weighted by atomic mass is 16.5. The number of aryl methyl sites for hydroxylation is 1. The van der Waals surface area contributed by atoms with Gasteiger partial charge in [-0.15, -0.1) is 0 Å². The van der Waals surface area contributed by atoms with Gasteiger partial charge in [0, 0.05) is 43.5 Å². The number of amides is 1. The number of carbonyl (C=O) groups is 2. The molecule has 0 spiro atoms. The van der Waals surface area contributed by atoms with E-state index in [1.807, 2.05) is 24.8 Å². The monoisotopic (exact) mass is 465 g/mol. The minimum absolute atomic E-state index is 0.158. The van der Waals surface area contributed by atoms with E-state index in [4.69, 9.17) is 9.15 Å². The van der Waals surface area contributed by atoms with Crippen LogP contribution in [0, 0.1) is 6.92 Å². The number of fused-ring (bicyclic) bond motifs is 1. The fourth-order valence-electron chi connectivity index (χ4n) is 4.24. The largest absolute Gasteiger partial charge is 0.478 e. The molecule has 0 saturated carbocycles. The summed E-state index contributed by atoms with van der Waals surface area (Å²) in [6, 6.07) is 11.6. The topological polar surface area (TPSA) is 112 Å². The number of carbonyl (C=O) groups excluding carboxylic acids is 1. The summed E-state index contributed by atoms with van der Waals surface area (Å²) in [6.07, 6.45) is -0.376. The Kier molecular flexibility index (Phi) is 6.45. The zero-order valence-corrected chi connectivity index (χ0v) is 19.3. The molecule has 9 heteroatoms. The highest BCUT2D eigenvalue weighted by molar-refractivity contribution is 5.94. The van der Waals surface area contributed by atoms with Crippen LogP contribution in [0.2, 0.25) is 0 Å². The van der Waals surface area contributed by atoms with Gasteiger partial charge in [-0.3, -0.25) is 4.79 Å². The number of nitrogens with one attached hydrogen (secondary N) is 1. The number of carboxylic acids is 1. The molecule has 178 valence electrons. The zero-order valence-electron chi connectivity index (χ0n) is 19.3. The molecule has 1 unspecified atom stereocenters. The van der Waals surface area contributed by atoms with Gasteiger partial charge in [0.1, 0.15) is 5.58 Å². The molecule has 1 amide bonds. The van der Waals surface area contributed by atoms with Crippen LogP contribution in [0.15, 0.2) is 51.7 Å². The van der Waals surface area contributed by atoms with Crippen LogP contribution in [0.3, 0.4) is 0 Å². The van der Waals surface area contributed by atoms with Crippen molar-refractivity contribution in [2.75, 3.05) is 43.5 Å². The van der Waals surface area contributed by atoms with Crippen LogP contribution in [-0.4, -0.2) is 55.4 Å². The van der Waals surface area contributed by atoms with Crippen LogP contribution < -0.4 is 15.6 Å². The number of hydrogen-bond donors (Lipinski definition) is 2. The number of ether oxygens (including phenoxy) is 1. The maximum absolute atomic E-state index is 13.0. The quantitative estimate of drug-likeness (QED) is 0.584. The summed E-state index contributed by atoms with van der Waals surface area (Å²) in [5.74, 6) is -0.588. The number of hydrogen-bond acceptors (Lipinski definition) is 7. The van der Waals surface area contributed by atoms with E-state index in [1.54, 1.807) is 29.2 Å². The van der Waals surface area contributed by atoms with E-state index in [0.29, 0.717) is 48.7 Å². The molecular formula is C25H27N3O6. The molecule has 1 atom stereocenters. The first kappa shape index (κ1) is 23.2. The SMILES string of the molecule is COC(=O)N1CCN(c2cc(=O)c3cc(C)cc(C(C)Nc4ccccc4C(=O)O)c3o2)CC1. The number of nitrogens with zero attached hydrogens (tertiary/aromatic N) is 2. The summed E-state index contributed by atoms with van der Waals surface area (Å²) >= 11 is 0. The Morgan fingerprint density at radius 3 is 2.50 bits per heavy atom. The Hall–Kier alpha value is -4.01. The zero-order chi connectivity index (χ0) is 24.4. The van der Waals surface area contributed by atoms with Crippen molar-refractivity contribution < 1.29 is 23.8 Å². The highest BCUT2D eigenvalue weighted by Crippen LogP contribution is 2.31. The van der Waals surface area contributed by atoms with Crippen molar-refractivity contribution in [1.29, 1.82) is 0 Å². The first-order valence-corrected chi connectivity index (χ1v) is 11.0. The van der Waals surface area contributed by atoms with Crippen molar-refractivity contribution in [3.8, 4) is 0 Å². The number of methoxy groups -OCH3 is 1. The van der Waals surface area contributed by atoms with Gasteiger partial charge >= 0.3 is 12.1 Å². The van der Waals surface area contributed by atoms with Crippen molar-refractivity contribution in [2.45, 2.75) is 19.9 Å². The van der Waals surface area contributed by atoms with Crippen LogP contribution in [0.1, 0.15) is 34.5 Å². The van der Waals surface area contributed by atoms with Gasteiger partial charge in [0.05, 0.1) is 24.1 Å². The van der Waals surface area contributed by atoms with E-state index in [0.717, 1.165) is 11.1 Å². The highest BCUT2D eigenvalue weighted by Gasteiger charge is 2.24. The lowest BCUT2D eigenvalue weighted by atomic mass is 10.0. The lowest BCUT2D eigenvalue weighted by Gasteiger charge is -2.34. The van der Waals surface area contributed by atoms with Crippen LogP contribution in [0.5, 0.6) is 0 Å². The minimum Gasteiger partial charge on any atom is -0.478 e. The second-order valence-corrected chi connectivity index (χ2v) is 8.34. The minimum atomic E-state index is -1.02. The van der Waals surface area contributed by atoms with Gasteiger partial charge in [-0.2, -0.15) is 0 Å². The summed E-state index contributed by atoms with van der Waals surface area (Å²) in [5, 5.41) is 13.2. The Balaban J connectivity index is 1.69. The number of rotatable bonds is 5. The molecule has 1 saturated heterocycles. The number of aromatic carboxylic acids is 1. The number of anilines is 2. The van der Waals surface area contributed by atoms with Gasteiger partial charge < -0.3 is 29.4 Å². The standard InChI is InChI=1S/C25H27N3O6/c1-15-12-18(16(2)26-20-7-5-4-6-17(20)24(30)31)23-19(13-15)21(29)14-22(34-23)27-8-10-28(11-9-27)25(32)33-3/h4-7,12-14,16,26H,8-11H2,1-3H3,(H,30,31). The van der Waals surface area contributed by atoms with E-state index >= 15 is 0 Å². The predicted octanol–water partition coefficient (Wildman–Crippen LogP) is 3.86. The van der Waals surface area contributed by atoms with Gasteiger partial charge in [0.25, 0.3) is 0 Å². The van der Waals surface area contributed by atoms with Gasteiger partial charge in [-0.25, -0.2) is 9.59 Å². The number of para-hydroxylation sites is 1. The molecule has 1 fully saturated rings. The molecule has 2 heterocycles. The van der Waals surface area contributed by atoms with E-state index in [9.17, 15) is 19.5 Å². The third-order valence-corrected chi connectivity index (χ3v) is 6.01. The third kappa shape index (κ3) is 4.54. The first-order chi connectivity index (χ1) is 16.3. The second kappa shape index (κ2) is 9.46. The molecule has 3 aromatic rings. The Morgan fingerprint density at radius 2 is 1.82 bits per heavy atom. The molecule has 1 aliphatic rings. The van der Waals surface area contributed by atoms with Crippen LogP contribution >= 0.6 is 0 Å². The average molecular weight is 466 g/mol. The average Bonchev–Trinajstić information content (AvgIpc) is 2.83. The van der Waals surface area contributed by atoms with Crippen LogP contribution in [0.25, 0.3) is 11.0 Å². The Bertz CT molecular complexity index is 1290. The van der Waals surface area contributed by atoms with Crippen LogP contribution in [0.4, 0.5) is 16.4 Å².